The highest BCUT2D eigenvalue weighted by atomic mass is 127. The van der Waals surface area contributed by atoms with Crippen LogP contribution >= 0.6 is 22.6 Å². The lowest BCUT2D eigenvalue weighted by Crippen LogP contribution is -2.30. The van der Waals surface area contributed by atoms with Gasteiger partial charge < -0.3 is 28.7 Å². The third-order valence-electron chi connectivity index (χ3n) is 4.79. The van der Waals surface area contributed by atoms with Crippen molar-refractivity contribution in [2.45, 2.75) is 26.5 Å². The second-order valence-corrected chi connectivity index (χ2v) is 8.35. The number of nitrogens with zero attached hydrogens (tertiary/aromatic N) is 1. The van der Waals surface area contributed by atoms with Crippen LogP contribution < -0.4 is 14.8 Å². The van der Waals surface area contributed by atoms with Crippen molar-refractivity contribution >= 4 is 52.5 Å². The molecule has 186 valence electrons. The van der Waals surface area contributed by atoms with E-state index in [1.54, 1.807) is 26.0 Å². The maximum absolute atomic E-state index is 12.9. The van der Waals surface area contributed by atoms with E-state index in [0.717, 1.165) is 4.90 Å². The van der Waals surface area contributed by atoms with Gasteiger partial charge in [-0.05, 0) is 72.3 Å². The van der Waals surface area contributed by atoms with Crippen LogP contribution in [0.5, 0.6) is 11.5 Å². The predicted octanol–water partition coefficient (Wildman–Crippen LogP) is 3.10. The number of amides is 3. The molecule has 0 unspecified atom stereocenters. The molecule has 35 heavy (non-hydrogen) atoms. The summed E-state index contributed by atoms with van der Waals surface area (Å²) in [7, 11) is 2.49. The van der Waals surface area contributed by atoms with Gasteiger partial charge in [-0.3, -0.25) is 9.69 Å². The fraction of sp³-hybridized carbons (Fsp3) is 0.304. The quantitative estimate of drug-likeness (QED) is 0.200. The number of methoxy groups -OCH3 is 2. The van der Waals surface area contributed by atoms with Crippen molar-refractivity contribution in [3.05, 3.63) is 50.6 Å². The van der Waals surface area contributed by atoms with Crippen molar-refractivity contribution < 1.29 is 42.5 Å². The molecule has 1 fully saturated rings. The molecule has 0 spiro atoms. The number of hydrogen-bond donors (Lipinski definition) is 1. The average molecular weight is 598 g/mol. The Morgan fingerprint density at radius 3 is 2.60 bits per heavy atom. The topological polar surface area (TPSA) is 134 Å². The van der Waals surface area contributed by atoms with E-state index in [4.69, 9.17) is 18.6 Å². The van der Waals surface area contributed by atoms with Crippen LogP contribution in [0.2, 0.25) is 0 Å². The minimum atomic E-state index is -0.859. The molecule has 3 rings (SSSR count). The van der Waals surface area contributed by atoms with E-state index in [0.29, 0.717) is 27.2 Å². The molecule has 1 aromatic heterocycles. The van der Waals surface area contributed by atoms with Gasteiger partial charge in [0.25, 0.3) is 5.91 Å². The second kappa shape index (κ2) is 11.3. The van der Waals surface area contributed by atoms with E-state index in [2.05, 4.69) is 10.1 Å². The summed E-state index contributed by atoms with van der Waals surface area (Å²) in [5, 5.41) is 2.53. The van der Waals surface area contributed by atoms with Crippen LogP contribution in [-0.2, 0) is 25.6 Å². The van der Waals surface area contributed by atoms with E-state index >= 15 is 0 Å². The number of carbonyl (C=O) groups is 4. The van der Waals surface area contributed by atoms with E-state index in [1.807, 2.05) is 22.6 Å². The lowest BCUT2D eigenvalue weighted by molar-refractivity contribution is -0.148. The number of carbonyl (C=O) groups excluding carboxylic acids is 4. The molecule has 0 saturated carbocycles. The Hall–Kier alpha value is -3.55. The number of esters is 2. The first-order valence-electron chi connectivity index (χ1n) is 10.4. The van der Waals surface area contributed by atoms with Crippen molar-refractivity contribution in [3.8, 4) is 11.5 Å². The number of imide groups is 1. The van der Waals surface area contributed by atoms with Crippen LogP contribution in [0.4, 0.5) is 4.79 Å². The minimum absolute atomic E-state index is 0.0350. The van der Waals surface area contributed by atoms with Crippen molar-refractivity contribution in [2.75, 3.05) is 20.8 Å². The van der Waals surface area contributed by atoms with Gasteiger partial charge in [-0.15, -0.1) is 0 Å². The van der Waals surface area contributed by atoms with Crippen LogP contribution in [0.1, 0.15) is 35.7 Å². The standard InChI is InChI=1S/C23H23IN2O9/c1-5-33-18-10-13(8-15(24)19(18)34-12(2)21(28)31-3)9-16-20(27)26(23(30)25-16)11-14-6-7-17(35-14)22(29)32-4/h6-10,12H,5,11H2,1-4H3,(H,25,30)/b16-9-/t12-/m0/s1. The van der Waals surface area contributed by atoms with Crippen LogP contribution in [-0.4, -0.2) is 55.7 Å². The first kappa shape index (κ1) is 26.1. The first-order chi connectivity index (χ1) is 16.7. The second-order valence-electron chi connectivity index (χ2n) is 7.18. The van der Waals surface area contributed by atoms with Gasteiger partial charge in [0, 0.05) is 0 Å². The molecule has 2 heterocycles. The molecule has 2 aromatic rings. The van der Waals surface area contributed by atoms with Gasteiger partial charge in [-0.2, -0.15) is 0 Å². The fourth-order valence-corrected chi connectivity index (χ4v) is 3.90. The van der Waals surface area contributed by atoms with Gasteiger partial charge in [0.2, 0.25) is 5.76 Å². The first-order valence-corrected chi connectivity index (χ1v) is 11.5. The highest BCUT2D eigenvalue weighted by Crippen LogP contribution is 2.36. The highest BCUT2D eigenvalue weighted by molar-refractivity contribution is 14.1. The van der Waals surface area contributed by atoms with Crippen molar-refractivity contribution in [2.24, 2.45) is 0 Å². The summed E-state index contributed by atoms with van der Waals surface area (Å²) in [4.78, 5) is 49.6. The number of urea groups is 1. The lowest BCUT2D eigenvalue weighted by Gasteiger charge is -2.18. The Morgan fingerprint density at radius 2 is 1.94 bits per heavy atom. The summed E-state index contributed by atoms with van der Waals surface area (Å²) in [5.74, 6) is -0.849. The average Bonchev–Trinajstić information content (AvgIpc) is 3.40. The fourth-order valence-electron chi connectivity index (χ4n) is 3.15. The van der Waals surface area contributed by atoms with Crippen LogP contribution in [0, 0.1) is 3.57 Å². The summed E-state index contributed by atoms with van der Waals surface area (Å²) < 4.78 is 26.7. The molecular formula is C23H23IN2O9. The van der Waals surface area contributed by atoms with E-state index in [9.17, 15) is 19.2 Å². The Morgan fingerprint density at radius 1 is 1.20 bits per heavy atom. The maximum Gasteiger partial charge on any atom is 0.373 e. The van der Waals surface area contributed by atoms with Gasteiger partial charge >= 0.3 is 18.0 Å². The lowest BCUT2D eigenvalue weighted by atomic mass is 10.1. The maximum atomic E-state index is 12.9. The zero-order chi connectivity index (χ0) is 25.7. The van der Waals surface area contributed by atoms with E-state index in [-0.39, 0.29) is 23.8 Å². The largest absolute Gasteiger partial charge is 0.490 e. The van der Waals surface area contributed by atoms with Crippen molar-refractivity contribution in [1.29, 1.82) is 0 Å². The molecule has 1 aromatic carbocycles. The summed E-state index contributed by atoms with van der Waals surface area (Å²) in [6, 6.07) is 5.60. The van der Waals surface area contributed by atoms with E-state index in [1.165, 1.54) is 32.4 Å². The van der Waals surface area contributed by atoms with Gasteiger partial charge in [0.1, 0.15) is 11.5 Å². The third-order valence-corrected chi connectivity index (χ3v) is 5.60. The molecule has 1 saturated heterocycles. The smallest absolute Gasteiger partial charge is 0.373 e. The molecule has 0 aliphatic carbocycles. The summed E-state index contributed by atoms with van der Waals surface area (Å²) in [5.41, 5.74) is 0.608. The SMILES string of the molecule is CCOc1cc(/C=C2\NC(=O)N(Cc3ccc(C(=O)OC)o3)C2=O)cc(I)c1O[C@@H](C)C(=O)OC. The van der Waals surface area contributed by atoms with Gasteiger partial charge in [-0.1, -0.05) is 0 Å². The van der Waals surface area contributed by atoms with Crippen molar-refractivity contribution in [1.82, 2.24) is 10.2 Å². The Kier molecular flexibility index (Phi) is 8.38. The predicted molar refractivity (Wildman–Crippen MR) is 130 cm³/mol. The molecule has 12 heteroatoms. The molecule has 0 bridgehead atoms. The van der Waals surface area contributed by atoms with Crippen LogP contribution in [0.25, 0.3) is 6.08 Å². The molecular weight excluding hydrogens is 575 g/mol. The number of rotatable bonds is 9. The zero-order valence-corrected chi connectivity index (χ0v) is 21.5. The Bertz CT molecular complexity index is 1190. The zero-order valence-electron chi connectivity index (χ0n) is 19.4. The number of nitrogens with one attached hydrogen (secondary N) is 1. The molecule has 0 radical (unpaired) electrons. The van der Waals surface area contributed by atoms with Gasteiger partial charge in [0.15, 0.2) is 17.6 Å². The summed E-state index contributed by atoms with van der Waals surface area (Å²) in [6.45, 7) is 3.52. The Balaban J connectivity index is 1.83. The number of hydrogen-bond acceptors (Lipinski definition) is 9. The summed E-state index contributed by atoms with van der Waals surface area (Å²) in [6.07, 6.45) is 0.642. The highest BCUT2D eigenvalue weighted by Gasteiger charge is 2.34. The number of benzene rings is 1. The minimum Gasteiger partial charge on any atom is -0.490 e. The van der Waals surface area contributed by atoms with Crippen LogP contribution in [0.3, 0.4) is 0 Å². The van der Waals surface area contributed by atoms with Crippen molar-refractivity contribution in [3.63, 3.8) is 0 Å². The normalized spacial score (nSPS) is 15.1. The summed E-state index contributed by atoms with van der Waals surface area (Å²) >= 11 is 2.03. The molecule has 3 amide bonds. The molecule has 1 aliphatic rings. The monoisotopic (exact) mass is 598 g/mol. The molecule has 1 N–H and O–H groups in total. The number of halogens is 1. The molecule has 1 aliphatic heterocycles. The van der Waals surface area contributed by atoms with E-state index < -0.39 is 30.0 Å². The Labute approximate surface area is 214 Å². The molecule has 11 nitrogen and oxygen atoms in total. The molecule has 1 atom stereocenters. The van der Waals surface area contributed by atoms with Gasteiger partial charge in [0.05, 0.1) is 30.9 Å². The van der Waals surface area contributed by atoms with Gasteiger partial charge in [-0.25, -0.2) is 14.4 Å². The van der Waals surface area contributed by atoms with Crippen LogP contribution in [0.15, 0.2) is 34.4 Å². The third kappa shape index (κ3) is 5.93. The number of ether oxygens (including phenoxy) is 4. The number of furan rings is 1.